The van der Waals surface area contributed by atoms with Crippen molar-refractivity contribution in [3.05, 3.63) is 59.2 Å². The van der Waals surface area contributed by atoms with E-state index in [1.165, 1.54) is 4.90 Å². The molecule has 0 aromatic heterocycles. The molecule has 0 N–H and O–H groups in total. The summed E-state index contributed by atoms with van der Waals surface area (Å²) in [6.07, 6.45) is 0. The van der Waals surface area contributed by atoms with Crippen molar-refractivity contribution in [1.29, 1.82) is 0 Å². The number of carbonyl (C=O) groups excluding carboxylic acids is 2. The standard InChI is InChI=1S/C19H17NO3S/c1-3-20-18(21)17(24-19(20)22)16-12-6-4-5-7-14(12)23-15-9-8-11(2)10-13(15)16/h4-10,16-17H,3H2,1-2H3. The summed E-state index contributed by atoms with van der Waals surface area (Å²) in [7, 11) is 0. The van der Waals surface area contributed by atoms with Gasteiger partial charge in [0.05, 0.1) is 0 Å². The summed E-state index contributed by atoms with van der Waals surface area (Å²) < 4.78 is 6.02. The normalized spacial score (nSPS) is 22.2. The Kier molecular flexibility index (Phi) is 3.61. The third-order valence-corrected chi connectivity index (χ3v) is 5.70. The fourth-order valence-corrected chi connectivity index (χ4v) is 4.63. The van der Waals surface area contributed by atoms with Gasteiger partial charge in [-0.25, -0.2) is 0 Å². The molecule has 2 amide bonds. The van der Waals surface area contributed by atoms with Crippen LogP contribution in [0.2, 0.25) is 0 Å². The maximum absolute atomic E-state index is 12.8. The maximum Gasteiger partial charge on any atom is 0.289 e. The number of carbonyl (C=O) groups is 2. The highest BCUT2D eigenvalue weighted by Gasteiger charge is 2.46. The zero-order chi connectivity index (χ0) is 16.8. The molecule has 1 saturated heterocycles. The number of rotatable bonds is 2. The van der Waals surface area contributed by atoms with Crippen LogP contribution in [0.25, 0.3) is 0 Å². The summed E-state index contributed by atoms with van der Waals surface area (Å²) >= 11 is 1.13. The van der Waals surface area contributed by atoms with Crippen LogP contribution in [-0.4, -0.2) is 27.8 Å². The zero-order valence-electron chi connectivity index (χ0n) is 13.5. The van der Waals surface area contributed by atoms with Gasteiger partial charge in [-0.1, -0.05) is 35.9 Å². The molecule has 2 aliphatic rings. The van der Waals surface area contributed by atoms with E-state index in [1.54, 1.807) is 0 Å². The van der Waals surface area contributed by atoms with Crippen LogP contribution in [0.1, 0.15) is 29.5 Å². The fourth-order valence-electron chi connectivity index (χ4n) is 3.41. The Morgan fingerprint density at radius 3 is 2.58 bits per heavy atom. The molecule has 1 fully saturated rings. The summed E-state index contributed by atoms with van der Waals surface area (Å²) in [4.78, 5) is 26.3. The SMILES string of the molecule is CCN1C(=O)SC(C2c3ccccc3Oc3ccc(C)cc32)C1=O. The molecule has 4 rings (SSSR count). The van der Waals surface area contributed by atoms with Crippen molar-refractivity contribution < 1.29 is 14.3 Å². The molecule has 0 aliphatic carbocycles. The molecule has 5 heteroatoms. The Morgan fingerprint density at radius 1 is 1.08 bits per heavy atom. The molecule has 0 radical (unpaired) electrons. The Morgan fingerprint density at radius 2 is 1.83 bits per heavy atom. The van der Waals surface area contributed by atoms with Crippen molar-refractivity contribution in [1.82, 2.24) is 4.90 Å². The van der Waals surface area contributed by atoms with Crippen molar-refractivity contribution >= 4 is 22.9 Å². The number of fused-ring (bicyclic) bond motifs is 2. The molecule has 4 nitrogen and oxygen atoms in total. The Balaban J connectivity index is 1.87. The van der Waals surface area contributed by atoms with E-state index in [4.69, 9.17) is 4.74 Å². The van der Waals surface area contributed by atoms with Crippen molar-refractivity contribution in [3.8, 4) is 11.5 Å². The number of para-hydroxylation sites is 1. The summed E-state index contributed by atoms with van der Waals surface area (Å²) in [5.41, 5.74) is 3.05. The fraction of sp³-hybridized carbons (Fsp3) is 0.263. The maximum atomic E-state index is 12.8. The third kappa shape index (κ3) is 2.23. The van der Waals surface area contributed by atoms with Crippen LogP contribution in [-0.2, 0) is 4.79 Å². The quantitative estimate of drug-likeness (QED) is 0.818. The van der Waals surface area contributed by atoms with E-state index in [-0.39, 0.29) is 17.1 Å². The molecule has 0 bridgehead atoms. The van der Waals surface area contributed by atoms with Gasteiger partial charge in [-0.3, -0.25) is 14.5 Å². The van der Waals surface area contributed by atoms with Crippen LogP contribution in [0, 0.1) is 6.92 Å². The lowest BCUT2D eigenvalue weighted by Crippen LogP contribution is -2.34. The molecule has 2 heterocycles. The Labute approximate surface area is 144 Å². The molecule has 122 valence electrons. The lowest BCUT2D eigenvalue weighted by atomic mass is 9.84. The van der Waals surface area contributed by atoms with Crippen molar-refractivity contribution in [2.24, 2.45) is 0 Å². The van der Waals surface area contributed by atoms with Gasteiger partial charge >= 0.3 is 0 Å². The molecule has 2 aromatic rings. The first-order chi connectivity index (χ1) is 11.6. The van der Waals surface area contributed by atoms with Crippen molar-refractivity contribution in [3.63, 3.8) is 0 Å². The van der Waals surface area contributed by atoms with E-state index < -0.39 is 5.25 Å². The minimum atomic E-state index is -0.442. The summed E-state index contributed by atoms with van der Waals surface area (Å²) in [6, 6.07) is 13.8. The first kappa shape index (κ1) is 15.3. The van der Waals surface area contributed by atoms with Gasteiger partial charge in [0.15, 0.2) is 0 Å². The summed E-state index contributed by atoms with van der Waals surface area (Å²) in [5, 5.41) is -0.603. The van der Waals surface area contributed by atoms with Crippen LogP contribution < -0.4 is 4.74 Å². The van der Waals surface area contributed by atoms with E-state index in [1.807, 2.05) is 50.2 Å². The number of hydrogen-bond donors (Lipinski definition) is 0. The monoisotopic (exact) mass is 339 g/mol. The van der Waals surface area contributed by atoms with E-state index in [9.17, 15) is 9.59 Å². The molecule has 2 aromatic carbocycles. The molecule has 2 unspecified atom stereocenters. The van der Waals surface area contributed by atoms with E-state index >= 15 is 0 Å². The third-order valence-electron chi connectivity index (χ3n) is 4.55. The average molecular weight is 339 g/mol. The molecule has 24 heavy (non-hydrogen) atoms. The molecule has 0 spiro atoms. The lowest BCUT2D eigenvalue weighted by molar-refractivity contribution is -0.126. The first-order valence-electron chi connectivity index (χ1n) is 7.99. The van der Waals surface area contributed by atoms with Crippen LogP contribution in [0.15, 0.2) is 42.5 Å². The second-order valence-corrected chi connectivity index (χ2v) is 7.14. The number of benzene rings is 2. The first-order valence-corrected chi connectivity index (χ1v) is 8.87. The van der Waals surface area contributed by atoms with Gasteiger partial charge in [-0.05, 0) is 37.7 Å². The highest BCUT2D eigenvalue weighted by atomic mass is 32.2. The number of nitrogens with zero attached hydrogens (tertiary/aromatic N) is 1. The predicted molar refractivity (Wildman–Crippen MR) is 93.7 cm³/mol. The molecular formula is C19H17NO3S. The number of amides is 2. The Bertz CT molecular complexity index is 848. The number of hydrogen-bond acceptors (Lipinski definition) is 4. The minimum Gasteiger partial charge on any atom is -0.457 e. The molecule has 2 aliphatic heterocycles. The smallest absolute Gasteiger partial charge is 0.289 e. The molecular weight excluding hydrogens is 322 g/mol. The van der Waals surface area contributed by atoms with Gasteiger partial charge in [-0.15, -0.1) is 0 Å². The van der Waals surface area contributed by atoms with Crippen LogP contribution >= 0.6 is 11.8 Å². The number of thioether (sulfide) groups is 1. The van der Waals surface area contributed by atoms with Gasteiger partial charge in [0, 0.05) is 23.6 Å². The average Bonchev–Trinajstić information content (AvgIpc) is 2.86. The highest BCUT2D eigenvalue weighted by molar-refractivity contribution is 8.15. The number of imide groups is 1. The van der Waals surface area contributed by atoms with Gasteiger partial charge in [0.25, 0.3) is 5.24 Å². The van der Waals surface area contributed by atoms with Crippen LogP contribution in [0.4, 0.5) is 4.79 Å². The summed E-state index contributed by atoms with van der Waals surface area (Å²) in [6.45, 7) is 4.26. The van der Waals surface area contributed by atoms with Crippen molar-refractivity contribution in [2.45, 2.75) is 25.0 Å². The second kappa shape index (κ2) is 5.67. The topological polar surface area (TPSA) is 46.6 Å². The lowest BCUT2D eigenvalue weighted by Gasteiger charge is -2.30. The summed E-state index contributed by atoms with van der Waals surface area (Å²) in [5.74, 6) is 1.24. The van der Waals surface area contributed by atoms with Gasteiger partial charge in [0.2, 0.25) is 5.91 Å². The van der Waals surface area contributed by atoms with E-state index in [0.29, 0.717) is 6.54 Å². The van der Waals surface area contributed by atoms with Crippen molar-refractivity contribution in [2.75, 3.05) is 6.54 Å². The largest absolute Gasteiger partial charge is 0.457 e. The molecule has 2 atom stereocenters. The highest BCUT2D eigenvalue weighted by Crippen LogP contribution is 2.50. The number of aryl methyl sites for hydroxylation is 1. The zero-order valence-corrected chi connectivity index (χ0v) is 14.3. The van der Waals surface area contributed by atoms with E-state index in [0.717, 1.165) is 40.0 Å². The minimum absolute atomic E-state index is 0.110. The van der Waals surface area contributed by atoms with Crippen LogP contribution in [0.3, 0.4) is 0 Å². The molecule has 0 saturated carbocycles. The van der Waals surface area contributed by atoms with E-state index in [2.05, 4.69) is 6.07 Å². The predicted octanol–water partition coefficient (Wildman–Crippen LogP) is 4.32. The van der Waals surface area contributed by atoms with Crippen LogP contribution in [0.5, 0.6) is 11.5 Å². The second-order valence-electron chi connectivity index (χ2n) is 6.05. The van der Waals surface area contributed by atoms with Gasteiger partial charge < -0.3 is 4.74 Å². The van der Waals surface area contributed by atoms with Gasteiger partial charge in [-0.2, -0.15) is 0 Å². The Hall–Kier alpha value is -2.27. The van der Waals surface area contributed by atoms with Gasteiger partial charge in [0.1, 0.15) is 16.7 Å². The number of ether oxygens (including phenoxy) is 1.